The van der Waals surface area contributed by atoms with E-state index in [0.29, 0.717) is 45.1 Å². The van der Waals surface area contributed by atoms with Crippen LogP contribution in [0.3, 0.4) is 0 Å². The van der Waals surface area contributed by atoms with Gasteiger partial charge in [0.2, 0.25) is 11.6 Å². The highest BCUT2D eigenvalue weighted by molar-refractivity contribution is 6.01. The molecule has 0 saturated carbocycles. The molecule has 0 aliphatic rings. The van der Waals surface area contributed by atoms with Gasteiger partial charge in [-0.2, -0.15) is 26.3 Å². The van der Waals surface area contributed by atoms with Gasteiger partial charge >= 0.3 is 24.3 Å². The molecule has 0 radical (unpaired) electrons. The van der Waals surface area contributed by atoms with Crippen LogP contribution < -0.4 is 30.4 Å². The Morgan fingerprint density at radius 3 is 1.21 bits per heavy atom. The second-order valence-electron chi connectivity index (χ2n) is 18.3. The Morgan fingerprint density at radius 2 is 0.831 bits per heavy atom. The first-order chi connectivity index (χ1) is 36.5. The Labute approximate surface area is 440 Å². The largest absolute Gasteiger partial charge is 0.494 e. The molecule has 77 heavy (non-hydrogen) atoms. The summed E-state index contributed by atoms with van der Waals surface area (Å²) < 4.78 is 96.3. The number of carbonyl (C=O) groups is 4. The average molecular weight is 1070 g/mol. The number of aliphatic hydroxyl groups is 2. The highest BCUT2D eigenvalue weighted by Gasteiger charge is 2.54. The van der Waals surface area contributed by atoms with E-state index >= 15 is 0 Å². The Kier molecular flexibility index (Phi) is 20.0. The smallest absolute Gasteiger partial charge is 0.389 e. The molecule has 404 valence electrons. The number of hydrogen-bond donors (Lipinski definition) is 4. The third kappa shape index (κ3) is 18.5. The summed E-state index contributed by atoms with van der Waals surface area (Å²) in [5.74, 6) is -5.22. The molecule has 18 heteroatoms. The zero-order valence-corrected chi connectivity index (χ0v) is 41.5. The summed E-state index contributed by atoms with van der Waals surface area (Å²) in [6.45, 7) is 0.154. The van der Waals surface area contributed by atoms with Gasteiger partial charge in [-0.25, -0.2) is 9.59 Å². The standard InChI is InChI=1S/C59H56F6N2O10/c60-57(61,62)33-1-3-35-74-49-28-15-44(16-29-49)54(70)76-51-24-10-40(11-25-51)9-23-48(68)39-56(37-42-5-19-46(66)20-6-42,38-43-7-21-47(67)22-8-43)59(72,73)53(69)32-14-41-12-26-52(27-13-41)77-55(71)45-17-30-50(31-18-45)75-36-4-2-34-58(63,64)65/h5-32,72-73H,1-4,33-39,66-67H2/b23-9+,32-14+. The van der Waals surface area contributed by atoms with Gasteiger partial charge in [-0.15, -0.1) is 0 Å². The van der Waals surface area contributed by atoms with Crippen LogP contribution in [0.25, 0.3) is 12.2 Å². The SMILES string of the molecule is Nc1ccc(CC(CC(=O)/C=C/c2ccc(OC(=O)c3ccc(OCCCCC(F)(F)F)cc3)cc2)(Cc2ccc(N)cc2)C(O)(O)C(=O)/C=C/c2ccc(OC(=O)c3ccc(OCCCCC(F)(F)F)cc3)cc2)cc1. The zero-order valence-electron chi connectivity index (χ0n) is 41.5. The van der Waals surface area contributed by atoms with E-state index in [1.807, 2.05) is 0 Å². The van der Waals surface area contributed by atoms with Gasteiger partial charge in [0.05, 0.1) is 24.3 Å². The Hall–Kier alpha value is -8.22. The first-order valence-corrected chi connectivity index (χ1v) is 24.4. The molecule has 6 aromatic rings. The minimum Gasteiger partial charge on any atom is -0.494 e. The topological polar surface area (TPSA) is 198 Å². The van der Waals surface area contributed by atoms with E-state index in [-0.39, 0.29) is 74.4 Å². The molecule has 0 amide bonds. The molecule has 0 atom stereocenters. The molecule has 0 heterocycles. The summed E-state index contributed by atoms with van der Waals surface area (Å²) >= 11 is 0. The number of anilines is 2. The van der Waals surface area contributed by atoms with Crippen LogP contribution in [0.15, 0.2) is 158 Å². The quantitative estimate of drug-likeness (QED) is 0.00764. The van der Waals surface area contributed by atoms with E-state index in [0.717, 1.165) is 6.08 Å². The van der Waals surface area contributed by atoms with Gasteiger partial charge in [-0.05, 0) is 170 Å². The van der Waals surface area contributed by atoms with Gasteiger partial charge in [0, 0.05) is 36.1 Å². The van der Waals surface area contributed by atoms with Crippen molar-refractivity contribution in [2.75, 3.05) is 24.7 Å². The normalized spacial score (nSPS) is 12.2. The van der Waals surface area contributed by atoms with Crippen molar-refractivity contribution in [2.45, 2.75) is 75.9 Å². The summed E-state index contributed by atoms with van der Waals surface area (Å²) in [5.41, 5.74) is 13.3. The molecule has 6 aromatic carbocycles. The zero-order chi connectivity index (χ0) is 55.6. The van der Waals surface area contributed by atoms with Gasteiger partial charge in [-0.1, -0.05) is 60.7 Å². The fourth-order valence-corrected chi connectivity index (χ4v) is 7.98. The summed E-state index contributed by atoms with van der Waals surface area (Å²) in [6, 6.07) is 37.0. The van der Waals surface area contributed by atoms with Crippen LogP contribution in [0.4, 0.5) is 37.7 Å². The molecule has 12 nitrogen and oxygen atoms in total. The molecule has 0 aliphatic heterocycles. The molecule has 0 aliphatic carbocycles. The number of allylic oxidation sites excluding steroid dienone is 1. The minimum absolute atomic E-state index is 0.0659. The number of carbonyl (C=O) groups excluding carboxylic acids is 4. The fourth-order valence-electron chi connectivity index (χ4n) is 7.98. The molecular weight excluding hydrogens is 1010 g/mol. The maximum absolute atomic E-state index is 14.2. The van der Waals surface area contributed by atoms with Gasteiger partial charge in [0.15, 0.2) is 5.78 Å². The third-order valence-electron chi connectivity index (χ3n) is 12.1. The summed E-state index contributed by atoms with van der Waals surface area (Å²) in [6.07, 6.45) is -5.87. The van der Waals surface area contributed by atoms with Crippen molar-refractivity contribution in [3.63, 3.8) is 0 Å². The van der Waals surface area contributed by atoms with Crippen molar-refractivity contribution in [1.82, 2.24) is 0 Å². The van der Waals surface area contributed by atoms with Crippen molar-refractivity contribution >= 4 is 47.0 Å². The molecule has 6 N–H and O–H groups in total. The van der Waals surface area contributed by atoms with Crippen molar-refractivity contribution < 1.29 is 74.7 Å². The lowest BCUT2D eigenvalue weighted by Gasteiger charge is -2.42. The van der Waals surface area contributed by atoms with E-state index in [9.17, 15) is 55.7 Å². The van der Waals surface area contributed by atoms with Crippen LogP contribution in [-0.4, -0.2) is 65.1 Å². The van der Waals surface area contributed by atoms with Gasteiger partial charge in [0.1, 0.15) is 23.0 Å². The van der Waals surface area contributed by atoms with E-state index in [4.69, 9.17) is 30.4 Å². The van der Waals surface area contributed by atoms with Gasteiger partial charge in [-0.3, -0.25) is 9.59 Å². The number of esters is 2. The number of nitrogens with two attached hydrogens (primary N) is 2. The lowest BCUT2D eigenvalue weighted by molar-refractivity contribution is -0.230. The van der Waals surface area contributed by atoms with Gasteiger partial charge < -0.3 is 40.6 Å². The number of hydrogen-bond acceptors (Lipinski definition) is 12. The molecule has 0 bridgehead atoms. The van der Waals surface area contributed by atoms with Crippen LogP contribution in [0.1, 0.15) is 87.9 Å². The van der Waals surface area contributed by atoms with Crippen molar-refractivity contribution in [2.24, 2.45) is 5.41 Å². The Morgan fingerprint density at radius 1 is 0.468 bits per heavy atom. The van der Waals surface area contributed by atoms with E-state index in [1.165, 1.54) is 103 Å². The average Bonchev–Trinajstić information content (AvgIpc) is 3.39. The summed E-state index contributed by atoms with van der Waals surface area (Å²) in [7, 11) is 0. The van der Waals surface area contributed by atoms with Crippen molar-refractivity contribution in [3.05, 3.63) is 191 Å². The molecule has 0 fully saturated rings. The number of alkyl halides is 6. The first kappa shape index (κ1) is 58.0. The minimum atomic E-state index is -4.23. The molecule has 0 spiro atoms. The second kappa shape index (κ2) is 26.5. The molecular formula is C59H56F6N2O10. The summed E-state index contributed by atoms with van der Waals surface area (Å²) in [4.78, 5) is 54.1. The lowest BCUT2D eigenvalue weighted by Crippen LogP contribution is -2.57. The van der Waals surface area contributed by atoms with E-state index < -0.39 is 66.3 Å². The van der Waals surface area contributed by atoms with Crippen LogP contribution in [-0.2, 0) is 22.4 Å². The molecule has 0 aromatic heterocycles. The number of nitrogen functional groups attached to an aromatic ring is 2. The van der Waals surface area contributed by atoms with Crippen LogP contribution in [0, 0.1) is 5.41 Å². The van der Waals surface area contributed by atoms with Crippen LogP contribution >= 0.6 is 0 Å². The first-order valence-electron chi connectivity index (χ1n) is 24.4. The predicted octanol–water partition coefficient (Wildman–Crippen LogP) is 11.9. The van der Waals surface area contributed by atoms with Crippen LogP contribution in [0.5, 0.6) is 23.0 Å². The monoisotopic (exact) mass is 1070 g/mol. The Bertz CT molecular complexity index is 2910. The number of unbranched alkanes of at least 4 members (excludes halogenated alkanes) is 2. The summed E-state index contributed by atoms with van der Waals surface area (Å²) in [5, 5.41) is 24.4. The van der Waals surface area contributed by atoms with Crippen LogP contribution in [0.2, 0.25) is 0 Å². The highest BCUT2D eigenvalue weighted by atomic mass is 19.4. The number of benzene rings is 6. The number of rotatable bonds is 26. The molecule has 0 saturated heterocycles. The van der Waals surface area contributed by atoms with Gasteiger partial charge in [0.25, 0.3) is 0 Å². The second-order valence-corrected chi connectivity index (χ2v) is 18.3. The third-order valence-corrected chi connectivity index (χ3v) is 12.1. The Balaban J connectivity index is 1.13. The fraction of sp³-hybridized carbons (Fsp3) is 0.254. The van der Waals surface area contributed by atoms with Crippen molar-refractivity contribution in [3.8, 4) is 23.0 Å². The van der Waals surface area contributed by atoms with E-state index in [2.05, 4.69) is 0 Å². The number of halogens is 6. The molecule has 0 unspecified atom stereocenters. The van der Waals surface area contributed by atoms with E-state index in [1.54, 1.807) is 60.7 Å². The lowest BCUT2D eigenvalue weighted by atomic mass is 9.65. The number of ether oxygens (including phenoxy) is 4. The number of ketones is 2. The highest BCUT2D eigenvalue weighted by Crippen LogP contribution is 2.43. The maximum atomic E-state index is 14.2. The van der Waals surface area contributed by atoms with Crippen molar-refractivity contribution in [1.29, 1.82) is 0 Å². The predicted molar refractivity (Wildman–Crippen MR) is 278 cm³/mol. The maximum Gasteiger partial charge on any atom is 0.389 e. The molecule has 6 rings (SSSR count).